The van der Waals surface area contributed by atoms with E-state index in [0.717, 1.165) is 36.7 Å². The Balaban J connectivity index is 1.32. The van der Waals surface area contributed by atoms with Gasteiger partial charge in [0.05, 0.1) is 23.2 Å². The van der Waals surface area contributed by atoms with Crippen LogP contribution in [0.15, 0.2) is 35.9 Å². The first-order valence-corrected chi connectivity index (χ1v) is 11.0. The number of hydrogen-bond acceptors (Lipinski definition) is 4. The summed E-state index contributed by atoms with van der Waals surface area (Å²) in [4.78, 5) is 0. The molecular weight excluding hydrogens is 346 g/mol. The van der Waals surface area contributed by atoms with Gasteiger partial charge in [0.15, 0.2) is 0 Å². The van der Waals surface area contributed by atoms with Crippen LogP contribution in [0.3, 0.4) is 0 Å². The van der Waals surface area contributed by atoms with Crippen LogP contribution in [-0.2, 0) is 0 Å². The van der Waals surface area contributed by atoms with Crippen molar-refractivity contribution in [2.24, 2.45) is 17.8 Å². The lowest BCUT2D eigenvalue weighted by atomic mass is 9.69. The quantitative estimate of drug-likeness (QED) is 0.567. The Morgan fingerprint density at radius 3 is 1.89 bits per heavy atom. The zero-order valence-electron chi connectivity index (χ0n) is 16.8. The Bertz CT molecular complexity index is 730. The van der Waals surface area contributed by atoms with Gasteiger partial charge in [-0.2, -0.15) is 0 Å². The molecule has 0 spiro atoms. The van der Waals surface area contributed by atoms with Crippen molar-refractivity contribution in [3.63, 3.8) is 0 Å². The van der Waals surface area contributed by atoms with Crippen LogP contribution >= 0.6 is 0 Å². The van der Waals surface area contributed by atoms with Gasteiger partial charge in [0.1, 0.15) is 0 Å². The van der Waals surface area contributed by atoms with Gasteiger partial charge in [-0.05, 0) is 98.8 Å². The van der Waals surface area contributed by atoms with Crippen molar-refractivity contribution in [1.29, 1.82) is 0 Å². The highest BCUT2D eigenvalue weighted by molar-refractivity contribution is 5.78. The van der Waals surface area contributed by atoms with E-state index in [2.05, 4.69) is 18.2 Å². The van der Waals surface area contributed by atoms with E-state index < -0.39 is 0 Å². The van der Waals surface area contributed by atoms with Crippen molar-refractivity contribution >= 4 is 17.1 Å². The number of nitrogens with two attached hydrogens (primary N) is 3. The maximum Gasteiger partial charge on any atom is 0.0781 e. The third-order valence-electron chi connectivity index (χ3n) is 7.47. The highest BCUT2D eigenvalue weighted by Gasteiger charge is 2.31. The zero-order chi connectivity index (χ0) is 19.7. The standard InChI is InChI=1S/C24H35N3O/c25-22-13-20(14-23(26)24(22)27)19-7-5-16(6-8-19)15-1-3-17(4-2-15)18-9-11-21(28)12-10-18/h5-7,13-15,17-19,21,28H,1-4,8-12,25-27H2. The topological polar surface area (TPSA) is 98.3 Å². The van der Waals surface area contributed by atoms with Crippen molar-refractivity contribution in [3.8, 4) is 0 Å². The third-order valence-corrected chi connectivity index (χ3v) is 7.47. The summed E-state index contributed by atoms with van der Waals surface area (Å²) in [5.41, 5.74) is 22.2. The molecular formula is C24H35N3O. The minimum absolute atomic E-state index is 0.0372. The fourth-order valence-electron chi connectivity index (χ4n) is 5.62. The van der Waals surface area contributed by atoms with Crippen molar-refractivity contribution in [3.05, 3.63) is 41.5 Å². The number of aliphatic hydroxyl groups is 1. The lowest BCUT2D eigenvalue weighted by Gasteiger charge is -2.37. The van der Waals surface area contributed by atoms with Gasteiger partial charge in [-0.25, -0.2) is 0 Å². The summed E-state index contributed by atoms with van der Waals surface area (Å²) in [5.74, 6) is 2.78. The summed E-state index contributed by atoms with van der Waals surface area (Å²) >= 11 is 0. The van der Waals surface area contributed by atoms with Crippen molar-refractivity contribution in [2.75, 3.05) is 17.2 Å². The minimum Gasteiger partial charge on any atom is -0.397 e. The molecule has 3 aliphatic rings. The van der Waals surface area contributed by atoms with E-state index in [0.29, 0.717) is 28.9 Å². The van der Waals surface area contributed by atoms with Crippen molar-refractivity contribution in [2.45, 2.75) is 69.8 Å². The summed E-state index contributed by atoms with van der Waals surface area (Å²) in [6.45, 7) is 0. The molecule has 7 N–H and O–H groups in total. The lowest BCUT2D eigenvalue weighted by molar-refractivity contribution is 0.0790. The average molecular weight is 382 g/mol. The van der Waals surface area contributed by atoms with E-state index in [1.807, 2.05) is 12.1 Å². The van der Waals surface area contributed by atoms with E-state index >= 15 is 0 Å². The van der Waals surface area contributed by atoms with Gasteiger partial charge >= 0.3 is 0 Å². The predicted molar refractivity (Wildman–Crippen MR) is 118 cm³/mol. The van der Waals surface area contributed by atoms with E-state index in [1.54, 1.807) is 0 Å². The predicted octanol–water partition coefficient (Wildman–Crippen LogP) is 4.76. The number of allylic oxidation sites excluding steroid dienone is 4. The molecule has 3 aliphatic carbocycles. The van der Waals surface area contributed by atoms with Crippen molar-refractivity contribution < 1.29 is 5.11 Å². The van der Waals surface area contributed by atoms with Crippen LogP contribution in [0.5, 0.6) is 0 Å². The molecule has 0 radical (unpaired) electrons. The van der Waals surface area contributed by atoms with E-state index in [-0.39, 0.29) is 6.10 Å². The largest absolute Gasteiger partial charge is 0.397 e. The molecule has 0 aliphatic heterocycles. The Hall–Kier alpha value is -1.94. The molecule has 28 heavy (non-hydrogen) atoms. The summed E-state index contributed by atoms with van der Waals surface area (Å²) in [5, 5.41) is 9.75. The monoisotopic (exact) mass is 381 g/mol. The van der Waals surface area contributed by atoms with Gasteiger partial charge in [-0.1, -0.05) is 18.2 Å². The molecule has 4 heteroatoms. The smallest absolute Gasteiger partial charge is 0.0781 e. The second-order valence-electron chi connectivity index (χ2n) is 9.20. The van der Waals surface area contributed by atoms with E-state index in [9.17, 15) is 5.11 Å². The molecule has 0 bridgehead atoms. The summed E-state index contributed by atoms with van der Waals surface area (Å²) in [7, 11) is 0. The molecule has 1 unspecified atom stereocenters. The Labute approximate surface area is 168 Å². The number of hydrogen-bond donors (Lipinski definition) is 4. The molecule has 2 saturated carbocycles. The highest BCUT2D eigenvalue weighted by Crippen LogP contribution is 2.43. The second-order valence-corrected chi connectivity index (χ2v) is 9.20. The number of nitrogen functional groups attached to an aromatic ring is 3. The Kier molecular flexibility index (Phi) is 5.68. The molecule has 0 heterocycles. The first-order chi connectivity index (χ1) is 13.5. The van der Waals surface area contributed by atoms with Gasteiger partial charge in [0.25, 0.3) is 0 Å². The fraction of sp³-hybridized carbons (Fsp3) is 0.583. The van der Waals surface area contributed by atoms with E-state index in [4.69, 9.17) is 17.2 Å². The molecule has 0 amide bonds. The summed E-state index contributed by atoms with van der Waals surface area (Å²) < 4.78 is 0. The van der Waals surface area contributed by atoms with Crippen LogP contribution in [0.2, 0.25) is 0 Å². The SMILES string of the molecule is Nc1cc(C2C=CC(C3CCC(C4CCC(O)CC4)CC3)=CC2)cc(N)c1N. The molecule has 0 aromatic heterocycles. The molecule has 2 fully saturated rings. The Morgan fingerprint density at radius 1 is 0.786 bits per heavy atom. The van der Waals surface area contributed by atoms with Gasteiger partial charge < -0.3 is 22.3 Å². The normalized spacial score (nSPS) is 33.5. The average Bonchev–Trinajstić information content (AvgIpc) is 2.72. The van der Waals surface area contributed by atoms with Crippen LogP contribution in [0.25, 0.3) is 0 Å². The molecule has 1 atom stereocenters. The van der Waals surface area contributed by atoms with Gasteiger partial charge in [-0.15, -0.1) is 0 Å². The van der Waals surface area contributed by atoms with Crippen LogP contribution in [0.4, 0.5) is 17.1 Å². The van der Waals surface area contributed by atoms with Crippen LogP contribution in [0, 0.1) is 17.8 Å². The first kappa shape index (κ1) is 19.4. The van der Waals surface area contributed by atoms with Crippen molar-refractivity contribution in [1.82, 2.24) is 0 Å². The molecule has 1 aromatic rings. The minimum atomic E-state index is -0.0372. The van der Waals surface area contributed by atoms with Crippen LogP contribution < -0.4 is 17.2 Å². The molecule has 4 nitrogen and oxygen atoms in total. The summed E-state index contributed by atoms with van der Waals surface area (Å²) in [6, 6.07) is 3.93. The number of benzene rings is 1. The number of anilines is 3. The maximum atomic E-state index is 9.75. The van der Waals surface area contributed by atoms with Gasteiger partial charge in [-0.3, -0.25) is 0 Å². The number of aliphatic hydroxyl groups excluding tert-OH is 1. The van der Waals surface area contributed by atoms with Gasteiger partial charge in [0, 0.05) is 5.92 Å². The molecule has 152 valence electrons. The number of rotatable bonds is 3. The summed E-state index contributed by atoms with van der Waals surface area (Å²) in [6.07, 6.45) is 17.9. The second kappa shape index (κ2) is 8.20. The molecule has 4 rings (SSSR count). The third kappa shape index (κ3) is 4.07. The van der Waals surface area contributed by atoms with Crippen LogP contribution in [0.1, 0.15) is 69.3 Å². The van der Waals surface area contributed by atoms with Gasteiger partial charge in [0.2, 0.25) is 0 Å². The zero-order valence-corrected chi connectivity index (χ0v) is 16.8. The molecule has 0 saturated heterocycles. The lowest BCUT2D eigenvalue weighted by Crippen LogP contribution is -2.27. The Morgan fingerprint density at radius 2 is 1.36 bits per heavy atom. The maximum absolute atomic E-state index is 9.75. The fourth-order valence-corrected chi connectivity index (χ4v) is 5.62. The highest BCUT2D eigenvalue weighted by atomic mass is 16.3. The van der Waals surface area contributed by atoms with E-state index in [1.165, 1.54) is 44.1 Å². The first-order valence-electron chi connectivity index (χ1n) is 11.0. The van der Waals surface area contributed by atoms with Crippen LogP contribution in [-0.4, -0.2) is 11.2 Å². The molecule has 1 aromatic carbocycles.